The summed E-state index contributed by atoms with van der Waals surface area (Å²) >= 11 is 1.71. The molecule has 88 valence electrons. The summed E-state index contributed by atoms with van der Waals surface area (Å²) in [5.74, 6) is 0.589. The van der Waals surface area contributed by atoms with Gasteiger partial charge < -0.3 is 11.1 Å². The van der Waals surface area contributed by atoms with E-state index in [-0.39, 0.29) is 6.04 Å². The van der Waals surface area contributed by atoms with E-state index in [1.54, 1.807) is 11.3 Å². The minimum atomic E-state index is 0.247. The fourth-order valence-electron chi connectivity index (χ4n) is 2.09. The van der Waals surface area contributed by atoms with Gasteiger partial charge in [-0.2, -0.15) is 11.3 Å². The molecule has 16 heavy (non-hydrogen) atoms. The third kappa shape index (κ3) is 2.98. The molecule has 0 bridgehead atoms. The number of hydrogen-bond acceptors (Lipinski definition) is 2. The highest BCUT2D eigenvalue weighted by Gasteiger charge is 2.14. The monoisotopic (exact) mass is 237 g/mol. The Morgan fingerprint density at radius 3 is 2.94 bits per heavy atom. The molecule has 1 aliphatic carbocycles. The van der Waals surface area contributed by atoms with Crippen molar-refractivity contribution in [3.8, 4) is 0 Å². The number of nitrogens with one attached hydrogen (secondary N) is 1. The van der Waals surface area contributed by atoms with Gasteiger partial charge in [-0.25, -0.2) is 0 Å². The molecule has 1 heterocycles. The van der Waals surface area contributed by atoms with Crippen LogP contribution in [0.5, 0.6) is 0 Å². The van der Waals surface area contributed by atoms with Gasteiger partial charge in [-0.3, -0.25) is 4.99 Å². The number of guanidine groups is 1. The minimum Gasteiger partial charge on any atom is -0.370 e. The van der Waals surface area contributed by atoms with Crippen molar-refractivity contribution in [3.05, 3.63) is 22.4 Å². The lowest BCUT2D eigenvalue weighted by Crippen LogP contribution is -2.34. The lowest BCUT2D eigenvalue weighted by atomic mass is 10.2. The van der Waals surface area contributed by atoms with E-state index in [9.17, 15) is 0 Å². The van der Waals surface area contributed by atoms with E-state index >= 15 is 0 Å². The maximum Gasteiger partial charge on any atom is 0.189 e. The normalized spacial score (nSPS) is 19.9. The Labute approximate surface area is 101 Å². The zero-order valence-corrected chi connectivity index (χ0v) is 10.5. The molecule has 1 saturated carbocycles. The molecular weight excluding hydrogens is 218 g/mol. The summed E-state index contributed by atoms with van der Waals surface area (Å²) in [5, 5.41) is 7.46. The van der Waals surface area contributed by atoms with Gasteiger partial charge in [-0.15, -0.1) is 0 Å². The van der Waals surface area contributed by atoms with Crippen molar-refractivity contribution in [1.82, 2.24) is 5.32 Å². The van der Waals surface area contributed by atoms with Crippen molar-refractivity contribution >= 4 is 17.3 Å². The van der Waals surface area contributed by atoms with Crippen molar-refractivity contribution in [2.75, 3.05) is 0 Å². The first-order chi connectivity index (χ1) is 7.75. The molecule has 1 aromatic rings. The molecular formula is C12H19N3S. The average Bonchev–Trinajstić information content (AvgIpc) is 2.88. The second-order valence-electron chi connectivity index (χ2n) is 4.38. The Hall–Kier alpha value is -1.03. The van der Waals surface area contributed by atoms with Crippen LogP contribution in [0.15, 0.2) is 21.8 Å². The molecule has 0 aliphatic heterocycles. The number of nitrogens with two attached hydrogens (primary N) is 1. The van der Waals surface area contributed by atoms with Gasteiger partial charge >= 0.3 is 0 Å². The molecule has 0 radical (unpaired) electrons. The van der Waals surface area contributed by atoms with E-state index in [2.05, 4.69) is 34.1 Å². The van der Waals surface area contributed by atoms with Gasteiger partial charge in [0.25, 0.3) is 0 Å². The minimum absolute atomic E-state index is 0.247. The van der Waals surface area contributed by atoms with Crippen molar-refractivity contribution in [3.63, 3.8) is 0 Å². The molecule has 3 nitrogen and oxygen atoms in total. The molecule has 1 aromatic heterocycles. The molecule has 0 saturated heterocycles. The molecule has 2 rings (SSSR count). The topological polar surface area (TPSA) is 50.4 Å². The van der Waals surface area contributed by atoms with Gasteiger partial charge in [0, 0.05) is 0 Å². The molecule has 4 heteroatoms. The summed E-state index contributed by atoms with van der Waals surface area (Å²) in [6.45, 7) is 2.11. The largest absolute Gasteiger partial charge is 0.370 e. The fraction of sp³-hybridized carbons (Fsp3) is 0.583. The van der Waals surface area contributed by atoms with Crippen LogP contribution in [0.4, 0.5) is 0 Å². The Bertz CT molecular complexity index is 339. The van der Waals surface area contributed by atoms with Crippen molar-refractivity contribution in [2.24, 2.45) is 10.7 Å². The molecule has 1 unspecified atom stereocenters. The number of aliphatic imine (C=N–C) groups is 1. The second-order valence-corrected chi connectivity index (χ2v) is 5.16. The predicted octanol–water partition coefficient (Wildman–Crippen LogP) is 2.66. The maximum absolute atomic E-state index is 5.90. The number of rotatable bonds is 3. The highest BCUT2D eigenvalue weighted by atomic mass is 32.1. The van der Waals surface area contributed by atoms with Crippen LogP contribution >= 0.6 is 11.3 Å². The summed E-state index contributed by atoms with van der Waals surface area (Å²) < 4.78 is 0. The second kappa shape index (κ2) is 5.34. The molecule has 0 aromatic carbocycles. The van der Waals surface area contributed by atoms with E-state index in [0.29, 0.717) is 12.0 Å². The van der Waals surface area contributed by atoms with E-state index < -0.39 is 0 Å². The van der Waals surface area contributed by atoms with Crippen LogP contribution in [-0.2, 0) is 0 Å². The average molecular weight is 237 g/mol. The van der Waals surface area contributed by atoms with Gasteiger partial charge in [0.1, 0.15) is 0 Å². The van der Waals surface area contributed by atoms with E-state index in [1.807, 2.05) is 0 Å². The van der Waals surface area contributed by atoms with Crippen molar-refractivity contribution in [1.29, 1.82) is 0 Å². The van der Waals surface area contributed by atoms with Crippen LogP contribution < -0.4 is 11.1 Å². The lowest BCUT2D eigenvalue weighted by Gasteiger charge is -2.14. The number of thiophene rings is 1. The zero-order chi connectivity index (χ0) is 11.4. The Morgan fingerprint density at radius 1 is 1.56 bits per heavy atom. The highest BCUT2D eigenvalue weighted by Crippen LogP contribution is 2.21. The third-order valence-corrected chi connectivity index (χ3v) is 3.76. The molecule has 1 atom stereocenters. The van der Waals surface area contributed by atoms with Gasteiger partial charge in [0.15, 0.2) is 5.96 Å². The Morgan fingerprint density at radius 2 is 2.31 bits per heavy atom. The summed E-state index contributed by atoms with van der Waals surface area (Å²) in [5.41, 5.74) is 7.18. The fourth-order valence-corrected chi connectivity index (χ4v) is 2.85. The van der Waals surface area contributed by atoms with Crippen molar-refractivity contribution in [2.45, 2.75) is 44.7 Å². The molecule has 3 N–H and O–H groups in total. The van der Waals surface area contributed by atoms with Crippen LogP contribution in [-0.4, -0.2) is 12.0 Å². The molecule has 0 amide bonds. The predicted molar refractivity (Wildman–Crippen MR) is 69.7 cm³/mol. The first-order valence-corrected chi connectivity index (χ1v) is 6.82. The van der Waals surface area contributed by atoms with E-state index in [0.717, 1.165) is 0 Å². The highest BCUT2D eigenvalue weighted by molar-refractivity contribution is 7.07. The van der Waals surface area contributed by atoms with Crippen LogP contribution in [0.1, 0.15) is 44.2 Å². The van der Waals surface area contributed by atoms with Crippen LogP contribution in [0.3, 0.4) is 0 Å². The van der Waals surface area contributed by atoms with E-state index in [4.69, 9.17) is 5.73 Å². The number of hydrogen-bond donors (Lipinski definition) is 2. The quantitative estimate of drug-likeness (QED) is 0.627. The Balaban J connectivity index is 1.88. The van der Waals surface area contributed by atoms with Crippen LogP contribution in [0.2, 0.25) is 0 Å². The van der Waals surface area contributed by atoms with Gasteiger partial charge in [-0.1, -0.05) is 12.8 Å². The summed E-state index contributed by atoms with van der Waals surface area (Å²) in [6, 6.07) is 2.81. The molecule has 1 fully saturated rings. The maximum atomic E-state index is 5.90. The third-order valence-electron chi connectivity index (χ3n) is 3.05. The standard InChI is InChI=1S/C12H19N3S/c1-9(10-6-7-16-8-10)14-12(13)15-11-4-2-3-5-11/h6-9,11H,2-5H2,1H3,(H3,13,14,15). The van der Waals surface area contributed by atoms with Gasteiger partial charge in [0.05, 0.1) is 12.1 Å². The van der Waals surface area contributed by atoms with E-state index in [1.165, 1.54) is 31.2 Å². The zero-order valence-electron chi connectivity index (χ0n) is 9.65. The first kappa shape index (κ1) is 11.5. The lowest BCUT2D eigenvalue weighted by molar-refractivity contribution is 0.670. The van der Waals surface area contributed by atoms with Crippen molar-refractivity contribution < 1.29 is 0 Å². The van der Waals surface area contributed by atoms with Crippen LogP contribution in [0, 0.1) is 0 Å². The van der Waals surface area contributed by atoms with Crippen LogP contribution in [0.25, 0.3) is 0 Å². The van der Waals surface area contributed by atoms with Gasteiger partial charge in [-0.05, 0) is 42.2 Å². The smallest absolute Gasteiger partial charge is 0.189 e. The summed E-state index contributed by atoms with van der Waals surface area (Å²) in [4.78, 5) is 4.51. The SMILES string of the molecule is CC(NC(N)=NC1CCCC1)c1ccsc1. The number of nitrogens with zero attached hydrogens (tertiary/aromatic N) is 1. The summed E-state index contributed by atoms with van der Waals surface area (Å²) in [7, 11) is 0. The van der Waals surface area contributed by atoms with Gasteiger partial charge in [0.2, 0.25) is 0 Å². The summed E-state index contributed by atoms with van der Waals surface area (Å²) in [6.07, 6.45) is 4.97. The molecule has 0 spiro atoms. The molecule has 1 aliphatic rings. The Kier molecular flexibility index (Phi) is 3.83. The first-order valence-electron chi connectivity index (χ1n) is 5.87.